The molecule has 0 bridgehead atoms. The van der Waals surface area contributed by atoms with E-state index in [-0.39, 0.29) is 5.82 Å². The van der Waals surface area contributed by atoms with E-state index in [2.05, 4.69) is 24.1 Å². The monoisotopic (exact) mass is 402 g/mol. The molecule has 0 aliphatic heterocycles. The number of aromatic nitrogens is 3. The lowest BCUT2D eigenvalue weighted by atomic mass is 10.0. The Bertz CT molecular complexity index is 1160. The van der Waals surface area contributed by atoms with Crippen LogP contribution in [0, 0.1) is 11.7 Å². The summed E-state index contributed by atoms with van der Waals surface area (Å²) < 4.78 is 19.1. The summed E-state index contributed by atoms with van der Waals surface area (Å²) in [7, 11) is 1.62. The van der Waals surface area contributed by atoms with E-state index in [1.807, 2.05) is 24.3 Å². The molecule has 0 saturated heterocycles. The number of benzene rings is 2. The van der Waals surface area contributed by atoms with Gasteiger partial charge in [0.2, 0.25) is 0 Å². The summed E-state index contributed by atoms with van der Waals surface area (Å²) >= 11 is 0. The zero-order valence-electron chi connectivity index (χ0n) is 17.2. The van der Waals surface area contributed by atoms with Crippen LogP contribution in [-0.4, -0.2) is 28.6 Å². The molecule has 0 aliphatic rings. The number of pyridine rings is 1. The highest BCUT2D eigenvalue weighted by Crippen LogP contribution is 2.36. The zero-order chi connectivity index (χ0) is 21.1. The Morgan fingerprint density at radius 2 is 1.80 bits per heavy atom. The summed E-state index contributed by atoms with van der Waals surface area (Å²) in [5, 5.41) is 4.30. The fraction of sp³-hybridized carbons (Fsp3) is 0.208. The first-order valence-corrected chi connectivity index (χ1v) is 9.85. The summed E-state index contributed by atoms with van der Waals surface area (Å²) in [6.45, 7) is 5.05. The molecule has 1 N–H and O–H groups in total. The predicted octanol–water partition coefficient (Wildman–Crippen LogP) is 5.57. The van der Waals surface area contributed by atoms with Crippen LogP contribution in [0.4, 0.5) is 10.2 Å². The molecule has 4 rings (SSSR count). The number of nitrogens with one attached hydrogen (secondary N) is 1. The Labute approximate surface area is 175 Å². The number of ether oxygens (including phenoxy) is 1. The predicted molar refractivity (Wildman–Crippen MR) is 118 cm³/mol. The molecule has 30 heavy (non-hydrogen) atoms. The third-order valence-corrected chi connectivity index (χ3v) is 4.76. The molecule has 0 atom stereocenters. The number of fused-ring (bicyclic) bond motifs is 1. The van der Waals surface area contributed by atoms with Crippen LogP contribution in [0.2, 0.25) is 0 Å². The molecular weight excluding hydrogens is 379 g/mol. The van der Waals surface area contributed by atoms with Crippen molar-refractivity contribution in [3.8, 4) is 28.3 Å². The average molecular weight is 402 g/mol. The molecule has 0 unspecified atom stereocenters. The van der Waals surface area contributed by atoms with Crippen molar-refractivity contribution in [1.29, 1.82) is 0 Å². The first-order chi connectivity index (χ1) is 14.5. The number of hydrogen-bond acceptors (Lipinski definition) is 5. The van der Waals surface area contributed by atoms with Gasteiger partial charge >= 0.3 is 0 Å². The van der Waals surface area contributed by atoms with Crippen LogP contribution in [-0.2, 0) is 0 Å². The van der Waals surface area contributed by atoms with E-state index in [1.54, 1.807) is 31.6 Å². The number of halogens is 1. The van der Waals surface area contributed by atoms with Crippen molar-refractivity contribution in [1.82, 2.24) is 15.0 Å². The second-order valence-electron chi connectivity index (χ2n) is 7.49. The first kappa shape index (κ1) is 19.8. The first-order valence-electron chi connectivity index (χ1n) is 9.85. The smallest absolute Gasteiger partial charge is 0.163 e. The third kappa shape index (κ3) is 4.08. The van der Waals surface area contributed by atoms with Gasteiger partial charge in [-0.15, -0.1) is 0 Å². The van der Waals surface area contributed by atoms with Crippen molar-refractivity contribution >= 4 is 16.7 Å². The number of rotatable bonds is 6. The van der Waals surface area contributed by atoms with E-state index in [9.17, 15) is 4.39 Å². The molecule has 2 aromatic carbocycles. The van der Waals surface area contributed by atoms with Crippen molar-refractivity contribution in [2.75, 3.05) is 19.0 Å². The van der Waals surface area contributed by atoms with Crippen LogP contribution in [0.3, 0.4) is 0 Å². The highest BCUT2D eigenvalue weighted by molar-refractivity contribution is 5.97. The van der Waals surface area contributed by atoms with Crippen LogP contribution in [0.25, 0.3) is 33.4 Å². The summed E-state index contributed by atoms with van der Waals surface area (Å²) in [6.07, 6.45) is 3.46. The van der Waals surface area contributed by atoms with E-state index in [1.165, 1.54) is 12.1 Å². The fourth-order valence-corrected chi connectivity index (χ4v) is 3.23. The molecule has 0 saturated carbocycles. The fourth-order valence-electron chi connectivity index (χ4n) is 3.23. The largest absolute Gasteiger partial charge is 0.494 e. The van der Waals surface area contributed by atoms with E-state index in [0.717, 1.165) is 34.4 Å². The van der Waals surface area contributed by atoms with Crippen molar-refractivity contribution in [3.05, 3.63) is 66.7 Å². The van der Waals surface area contributed by atoms with E-state index in [4.69, 9.17) is 14.7 Å². The van der Waals surface area contributed by atoms with Gasteiger partial charge in [-0.3, -0.25) is 4.98 Å². The van der Waals surface area contributed by atoms with Gasteiger partial charge in [-0.1, -0.05) is 26.0 Å². The molecule has 2 aromatic heterocycles. The normalized spacial score (nSPS) is 11.1. The van der Waals surface area contributed by atoms with Gasteiger partial charge in [-0.2, -0.15) is 0 Å². The number of anilines is 1. The quantitative estimate of drug-likeness (QED) is 0.457. The molecule has 6 heteroatoms. The maximum Gasteiger partial charge on any atom is 0.163 e. The average Bonchev–Trinajstić information content (AvgIpc) is 2.77. The lowest BCUT2D eigenvalue weighted by molar-refractivity contribution is 0.419. The van der Waals surface area contributed by atoms with Crippen LogP contribution in [0.5, 0.6) is 5.75 Å². The van der Waals surface area contributed by atoms with E-state index < -0.39 is 0 Å². The van der Waals surface area contributed by atoms with Gasteiger partial charge in [-0.05, 0) is 53.4 Å². The zero-order valence-corrected chi connectivity index (χ0v) is 17.2. The molecule has 5 nitrogen and oxygen atoms in total. The topological polar surface area (TPSA) is 59.9 Å². The summed E-state index contributed by atoms with van der Waals surface area (Å²) in [6, 6.07) is 14.1. The molecule has 4 aromatic rings. The van der Waals surface area contributed by atoms with Crippen molar-refractivity contribution in [3.63, 3.8) is 0 Å². The van der Waals surface area contributed by atoms with E-state index >= 15 is 0 Å². The lowest BCUT2D eigenvalue weighted by Crippen LogP contribution is -2.11. The Morgan fingerprint density at radius 3 is 2.47 bits per heavy atom. The molecule has 0 amide bonds. The van der Waals surface area contributed by atoms with Gasteiger partial charge in [0, 0.05) is 29.9 Å². The number of hydrogen-bond donors (Lipinski definition) is 1. The molecule has 152 valence electrons. The SMILES string of the molecule is COc1cc(-c2ccc(F)cc2)cc2c(NCC(C)C)nc(-c3cccnc3)nc12. The summed E-state index contributed by atoms with van der Waals surface area (Å²) in [5.74, 6) is 2.12. The molecule has 0 spiro atoms. The minimum atomic E-state index is -0.268. The Balaban J connectivity index is 1.93. The van der Waals surface area contributed by atoms with Crippen LogP contribution < -0.4 is 10.1 Å². The number of methoxy groups -OCH3 is 1. The highest BCUT2D eigenvalue weighted by atomic mass is 19.1. The lowest BCUT2D eigenvalue weighted by Gasteiger charge is -2.15. The van der Waals surface area contributed by atoms with Crippen molar-refractivity contribution in [2.24, 2.45) is 5.92 Å². The van der Waals surface area contributed by atoms with Gasteiger partial charge in [0.1, 0.15) is 22.9 Å². The summed E-state index contributed by atoms with van der Waals surface area (Å²) in [5.41, 5.74) is 3.34. The second-order valence-corrected chi connectivity index (χ2v) is 7.49. The standard InChI is InChI=1S/C24H23FN4O/c1-15(2)13-27-24-20-11-18(16-6-8-19(25)9-7-16)12-21(30-3)22(20)28-23(29-24)17-5-4-10-26-14-17/h4-12,14-15H,13H2,1-3H3,(H,27,28,29). The molecular formula is C24H23FN4O. The maximum absolute atomic E-state index is 13.4. The van der Waals surface area contributed by atoms with Gasteiger partial charge < -0.3 is 10.1 Å². The Hall–Kier alpha value is -3.54. The van der Waals surface area contributed by atoms with Crippen LogP contribution in [0.1, 0.15) is 13.8 Å². The number of nitrogens with zero attached hydrogens (tertiary/aromatic N) is 3. The van der Waals surface area contributed by atoms with Crippen molar-refractivity contribution in [2.45, 2.75) is 13.8 Å². The van der Waals surface area contributed by atoms with Crippen molar-refractivity contribution < 1.29 is 9.13 Å². The third-order valence-electron chi connectivity index (χ3n) is 4.76. The second kappa shape index (κ2) is 8.45. The highest BCUT2D eigenvalue weighted by Gasteiger charge is 2.16. The van der Waals surface area contributed by atoms with Gasteiger partial charge in [0.25, 0.3) is 0 Å². The Morgan fingerprint density at radius 1 is 1.00 bits per heavy atom. The van der Waals surface area contributed by atoms with E-state index in [0.29, 0.717) is 23.0 Å². The summed E-state index contributed by atoms with van der Waals surface area (Å²) in [4.78, 5) is 13.8. The molecule has 0 aliphatic carbocycles. The van der Waals surface area contributed by atoms with Crippen LogP contribution in [0.15, 0.2) is 60.9 Å². The molecule has 0 radical (unpaired) electrons. The van der Waals surface area contributed by atoms with Gasteiger partial charge in [0.05, 0.1) is 7.11 Å². The Kier molecular flexibility index (Phi) is 5.57. The minimum Gasteiger partial charge on any atom is -0.494 e. The van der Waals surface area contributed by atoms with Gasteiger partial charge in [0.15, 0.2) is 5.82 Å². The molecule has 0 fully saturated rings. The minimum absolute atomic E-state index is 0.268. The van der Waals surface area contributed by atoms with Gasteiger partial charge in [-0.25, -0.2) is 14.4 Å². The maximum atomic E-state index is 13.4. The molecule has 2 heterocycles. The van der Waals surface area contributed by atoms with Crippen LogP contribution >= 0.6 is 0 Å².